The maximum absolute atomic E-state index is 13.7. The van der Waals surface area contributed by atoms with E-state index in [1.165, 1.54) is 6.07 Å². The maximum atomic E-state index is 13.7. The fourth-order valence-corrected chi connectivity index (χ4v) is 4.49. The lowest BCUT2D eigenvalue weighted by Gasteiger charge is -2.34. The largest absolute Gasteiger partial charge is 0.417 e. The van der Waals surface area contributed by atoms with Crippen LogP contribution in [-0.4, -0.2) is 40.0 Å². The summed E-state index contributed by atoms with van der Waals surface area (Å²) < 4.78 is 49.8. The summed E-state index contributed by atoms with van der Waals surface area (Å²) >= 11 is 0. The second kappa shape index (κ2) is 8.84. The third-order valence-electron chi connectivity index (χ3n) is 6.35. The zero-order valence-electron chi connectivity index (χ0n) is 18.3. The SMILES string of the molecule is Nc1nc2ccc(C(=O)N(Cc3ccc(C(F)(F)F)cn3)C3CCOCC3)cc2c2c1COC2. The Morgan fingerprint density at radius 2 is 1.85 bits per heavy atom. The average Bonchev–Trinajstić information content (AvgIpc) is 3.33. The van der Waals surface area contributed by atoms with Crippen LogP contribution in [0.25, 0.3) is 10.9 Å². The van der Waals surface area contributed by atoms with Gasteiger partial charge in [0.1, 0.15) is 5.82 Å². The minimum absolute atomic E-state index is 0.0981. The summed E-state index contributed by atoms with van der Waals surface area (Å²) in [7, 11) is 0. The van der Waals surface area contributed by atoms with Gasteiger partial charge in [0.25, 0.3) is 5.91 Å². The summed E-state index contributed by atoms with van der Waals surface area (Å²) in [5.74, 6) is 0.205. The molecule has 7 nitrogen and oxygen atoms in total. The highest BCUT2D eigenvalue weighted by Crippen LogP contribution is 2.32. The van der Waals surface area contributed by atoms with E-state index >= 15 is 0 Å². The number of hydrogen-bond acceptors (Lipinski definition) is 6. The van der Waals surface area contributed by atoms with Crippen LogP contribution >= 0.6 is 0 Å². The highest BCUT2D eigenvalue weighted by molar-refractivity contribution is 5.99. The fourth-order valence-electron chi connectivity index (χ4n) is 4.49. The van der Waals surface area contributed by atoms with Gasteiger partial charge in [-0.15, -0.1) is 0 Å². The maximum Gasteiger partial charge on any atom is 0.417 e. The van der Waals surface area contributed by atoms with Crippen molar-refractivity contribution in [3.8, 4) is 0 Å². The highest BCUT2D eigenvalue weighted by Gasteiger charge is 2.32. The number of halogens is 3. The highest BCUT2D eigenvalue weighted by atomic mass is 19.4. The molecule has 2 N–H and O–H groups in total. The van der Waals surface area contributed by atoms with Crippen LogP contribution < -0.4 is 5.73 Å². The van der Waals surface area contributed by atoms with E-state index in [1.807, 2.05) is 0 Å². The van der Waals surface area contributed by atoms with Crippen molar-refractivity contribution in [2.24, 2.45) is 0 Å². The molecule has 4 heterocycles. The molecule has 1 amide bonds. The van der Waals surface area contributed by atoms with Crippen LogP contribution in [0.1, 0.15) is 45.6 Å². The molecule has 0 radical (unpaired) electrons. The van der Waals surface area contributed by atoms with Gasteiger partial charge in [0.15, 0.2) is 0 Å². The molecule has 3 aromatic rings. The number of benzene rings is 1. The molecule has 1 fully saturated rings. The molecule has 178 valence electrons. The lowest BCUT2D eigenvalue weighted by molar-refractivity contribution is -0.137. The molecular formula is C24H23F3N4O3. The van der Waals surface area contributed by atoms with Gasteiger partial charge in [-0.25, -0.2) is 4.98 Å². The lowest BCUT2D eigenvalue weighted by Crippen LogP contribution is -2.43. The van der Waals surface area contributed by atoms with Gasteiger partial charge in [-0.2, -0.15) is 13.2 Å². The number of pyridine rings is 2. The number of nitrogens with zero attached hydrogens (tertiary/aromatic N) is 3. The van der Waals surface area contributed by atoms with E-state index in [1.54, 1.807) is 23.1 Å². The van der Waals surface area contributed by atoms with Gasteiger partial charge in [-0.05, 0) is 48.7 Å². The Labute approximate surface area is 193 Å². The molecule has 1 saturated heterocycles. The van der Waals surface area contributed by atoms with E-state index in [0.717, 1.165) is 28.8 Å². The molecule has 0 spiro atoms. The van der Waals surface area contributed by atoms with E-state index < -0.39 is 11.7 Å². The first-order valence-corrected chi connectivity index (χ1v) is 11.0. The van der Waals surface area contributed by atoms with Gasteiger partial charge in [-0.1, -0.05) is 0 Å². The first-order chi connectivity index (χ1) is 16.3. The summed E-state index contributed by atoms with van der Waals surface area (Å²) in [6.45, 7) is 1.91. The number of anilines is 1. The second-order valence-corrected chi connectivity index (χ2v) is 8.49. The quantitative estimate of drug-likeness (QED) is 0.615. The number of aromatic nitrogens is 2. The van der Waals surface area contributed by atoms with E-state index in [-0.39, 0.29) is 18.5 Å². The third kappa shape index (κ3) is 4.30. The second-order valence-electron chi connectivity index (χ2n) is 8.49. The minimum Gasteiger partial charge on any atom is -0.383 e. The molecular weight excluding hydrogens is 449 g/mol. The van der Waals surface area contributed by atoms with Crippen molar-refractivity contribution < 1.29 is 27.4 Å². The number of carbonyl (C=O) groups is 1. The van der Waals surface area contributed by atoms with Crippen LogP contribution in [0.2, 0.25) is 0 Å². The normalized spacial score (nSPS) is 16.6. The summed E-state index contributed by atoms with van der Waals surface area (Å²) in [6.07, 6.45) is -2.38. The number of carbonyl (C=O) groups excluding carboxylic acids is 1. The minimum atomic E-state index is -4.46. The Morgan fingerprint density at radius 3 is 2.56 bits per heavy atom. The lowest BCUT2D eigenvalue weighted by atomic mass is 10.0. The molecule has 0 aliphatic carbocycles. The smallest absolute Gasteiger partial charge is 0.383 e. The van der Waals surface area contributed by atoms with E-state index in [0.29, 0.717) is 61.9 Å². The molecule has 2 aromatic heterocycles. The molecule has 0 unspecified atom stereocenters. The van der Waals surface area contributed by atoms with Crippen LogP contribution in [0, 0.1) is 0 Å². The fraction of sp³-hybridized carbons (Fsp3) is 0.375. The monoisotopic (exact) mass is 472 g/mol. The third-order valence-corrected chi connectivity index (χ3v) is 6.35. The standard InChI is InChI=1S/C24H23F3N4O3/c25-24(26,27)15-2-3-16(29-10-15)11-31(17-5-7-33-8-6-17)23(32)14-1-4-21-18(9-14)19-12-34-13-20(19)22(28)30-21/h1-4,9-10,17H,5-8,11-13H2,(H2,28,30). The number of nitrogen functional groups attached to an aromatic ring is 1. The van der Waals surface area contributed by atoms with E-state index in [4.69, 9.17) is 15.2 Å². The Hall–Kier alpha value is -3.24. The van der Waals surface area contributed by atoms with Gasteiger partial charge in [0, 0.05) is 42.0 Å². The van der Waals surface area contributed by atoms with Gasteiger partial charge in [0.05, 0.1) is 36.5 Å². The number of rotatable bonds is 4. The topological polar surface area (TPSA) is 90.6 Å². The van der Waals surface area contributed by atoms with Crippen molar-refractivity contribution in [3.05, 3.63) is 64.5 Å². The predicted molar refractivity (Wildman–Crippen MR) is 118 cm³/mol. The van der Waals surface area contributed by atoms with Crippen molar-refractivity contribution in [3.63, 3.8) is 0 Å². The molecule has 10 heteroatoms. The summed E-state index contributed by atoms with van der Waals surface area (Å²) in [4.78, 5) is 23.8. The number of nitrogens with two attached hydrogens (primary N) is 1. The molecule has 5 rings (SSSR count). The summed E-state index contributed by atoms with van der Waals surface area (Å²) in [5.41, 5.74) is 8.53. The van der Waals surface area contributed by atoms with Gasteiger partial charge in [-0.3, -0.25) is 9.78 Å². The van der Waals surface area contributed by atoms with E-state index in [2.05, 4.69) is 9.97 Å². The van der Waals surface area contributed by atoms with Crippen molar-refractivity contribution in [2.75, 3.05) is 18.9 Å². The van der Waals surface area contributed by atoms with Crippen LogP contribution in [-0.2, 0) is 35.4 Å². The molecule has 1 aromatic carbocycles. The zero-order chi connectivity index (χ0) is 23.9. The molecule has 0 atom stereocenters. The van der Waals surface area contributed by atoms with Crippen molar-refractivity contribution in [2.45, 2.75) is 44.8 Å². The Kier molecular flexibility index (Phi) is 5.86. The summed E-state index contributed by atoms with van der Waals surface area (Å²) in [6, 6.07) is 7.45. The molecule has 2 aliphatic rings. The Bertz CT molecular complexity index is 1220. The Morgan fingerprint density at radius 1 is 1.09 bits per heavy atom. The number of amides is 1. The number of fused-ring (bicyclic) bond motifs is 3. The van der Waals surface area contributed by atoms with Gasteiger partial charge in [0.2, 0.25) is 0 Å². The van der Waals surface area contributed by atoms with Gasteiger partial charge < -0.3 is 20.1 Å². The van der Waals surface area contributed by atoms with Crippen molar-refractivity contribution in [1.82, 2.24) is 14.9 Å². The summed E-state index contributed by atoms with van der Waals surface area (Å²) in [5, 5.41) is 0.812. The molecule has 0 saturated carbocycles. The van der Waals surface area contributed by atoms with Crippen LogP contribution in [0.4, 0.5) is 19.0 Å². The molecule has 2 aliphatic heterocycles. The van der Waals surface area contributed by atoms with Gasteiger partial charge >= 0.3 is 6.18 Å². The number of hydrogen-bond donors (Lipinski definition) is 1. The average molecular weight is 472 g/mol. The molecule has 34 heavy (non-hydrogen) atoms. The predicted octanol–water partition coefficient (Wildman–Crippen LogP) is 4.08. The number of ether oxygens (including phenoxy) is 2. The van der Waals surface area contributed by atoms with Crippen molar-refractivity contribution in [1.29, 1.82) is 0 Å². The first kappa shape index (κ1) is 22.5. The van der Waals surface area contributed by atoms with Crippen LogP contribution in [0.15, 0.2) is 36.5 Å². The first-order valence-electron chi connectivity index (χ1n) is 11.0. The van der Waals surface area contributed by atoms with Crippen LogP contribution in [0.3, 0.4) is 0 Å². The number of alkyl halides is 3. The zero-order valence-corrected chi connectivity index (χ0v) is 18.3. The van der Waals surface area contributed by atoms with Crippen LogP contribution in [0.5, 0.6) is 0 Å². The Balaban J connectivity index is 1.48. The van der Waals surface area contributed by atoms with Crippen molar-refractivity contribution >= 4 is 22.6 Å². The van der Waals surface area contributed by atoms with E-state index in [9.17, 15) is 18.0 Å². The molecule has 0 bridgehead atoms.